The molecule has 2 aliphatic rings. The van der Waals surface area contributed by atoms with E-state index < -0.39 is 32.4 Å². The van der Waals surface area contributed by atoms with Gasteiger partial charge in [-0.05, 0) is 36.9 Å². The first-order valence-electron chi connectivity index (χ1n) is 17.1. The molecule has 0 radical (unpaired) electrons. The molecule has 2 bridgehead atoms. The Morgan fingerprint density at radius 3 is 2.62 bits per heavy atom. The van der Waals surface area contributed by atoms with Gasteiger partial charge in [0.05, 0.1) is 28.0 Å². The molecule has 11 nitrogen and oxygen atoms in total. The number of fused-ring (bicyclic) bond motifs is 4. The van der Waals surface area contributed by atoms with Gasteiger partial charge < -0.3 is 24.3 Å². The van der Waals surface area contributed by atoms with Crippen LogP contribution in [-0.4, -0.2) is 69.0 Å². The average molecular weight is 720 g/mol. The van der Waals surface area contributed by atoms with Crippen LogP contribution in [0.5, 0.6) is 0 Å². The fourth-order valence-electron chi connectivity index (χ4n) is 7.28. The monoisotopic (exact) mass is 719 g/mol. The SMILES string of the molecule is Cn1cc2c(Cl)c(-c3cn(COCC[Si](C)(C)C)c4nc(N5[C@@H]6CC[C@H]5[C@@H](F)[C@@H](NC(=O)OCc5ccccc5)C6)n(C)c(=O)c34)ccc2n1. The molecular weight excluding hydrogens is 677 g/mol. The van der Waals surface area contributed by atoms with Crippen LogP contribution >= 0.6 is 11.6 Å². The number of halogens is 2. The number of amides is 1. The highest BCUT2D eigenvalue weighted by molar-refractivity contribution is 6.76. The van der Waals surface area contributed by atoms with Crippen LogP contribution in [0.4, 0.5) is 15.1 Å². The predicted octanol–water partition coefficient (Wildman–Crippen LogP) is 6.63. The average Bonchev–Trinajstić information content (AvgIpc) is 3.75. The zero-order valence-electron chi connectivity index (χ0n) is 29.0. The Morgan fingerprint density at radius 2 is 1.86 bits per heavy atom. The number of hydrogen-bond donors (Lipinski definition) is 1. The zero-order chi connectivity index (χ0) is 35.3. The third-order valence-corrected chi connectivity index (χ3v) is 12.0. The van der Waals surface area contributed by atoms with E-state index in [1.54, 1.807) is 11.7 Å². The molecule has 14 heteroatoms. The molecule has 4 atom stereocenters. The van der Waals surface area contributed by atoms with E-state index in [4.69, 9.17) is 26.1 Å². The van der Waals surface area contributed by atoms with E-state index in [1.165, 1.54) is 4.57 Å². The van der Waals surface area contributed by atoms with Crippen molar-refractivity contribution >= 4 is 53.7 Å². The summed E-state index contributed by atoms with van der Waals surface area (Å²) in [5.74, 6) is 0.393. The van der Waals surface area contributed by atoms with Crippen LogP contribution < -0.4 is 15.8 Å². The van der Waals surface area contributed by atoms with Gasteiger partial charge in [0.2, 0.25) is 5.95 Å². The molecule has 2 aromatic carbocycles. The number of aryl methyl sites for hydroxylation is 1. The zero-order valence-corrected chi connectivity index (χ0v) is 30.8. The van der Waals surface area contributed by atoms with Gasteiger partial charge in [0.1, 0.15) is 19.5 Å². The molecule has 0 unspecified atom stereocenters. The maximum atomic E-state index is 16.3. The largest absolute Gasteiger partial charge is 0.445 e. The second kappa shape index (κ2) is 13.5. The maximum absolute atomic E-state index is 16.3. The van der Waals surface area contributed by atoms with Crippen molar-refractivity contribution in [3.63, 3.8) is 0 Å². The Balaban J connectivity index is 1.21. The molecule has 1 amide bonds. The molecule has 2 fully saturated rings. The number of rotatable bonds is 10. The number of nitrogens with one attached hydrogen (secondary N) is 1. The first-order chi connectivity index (χ1) is 23.9. The predicted molar refractivity (Wildman–Crippen MR) is 196 cm³/mol. The van der Waals surface area contributed by atoms with Gasteiger partial charge in [-0.25, -0.2) is 9.18 Å². The van der Waals surface area contributed by atoms with Crippen LogP contribution in [0, 0.1) is 0 Å². The van der Waals surface area contributed by atoms with Crippen molar-refractivity contribution in [2.45, 2.75) is 82.6 Å². The smallest absolute Gasteiger partial charge is 0.407 e. The number of piperidine rings is 1. The second-order valence-corrected chi connectivity index (χ2v) is 20.7. The molecule has 1 N–H and O–H groups in total. The Hall–Kier alpha value is -4.20. The summed E-state index contributed by atoms with van der Waals surface area (Å²) in [6, 6.07) is 12.7. The lowest BCUT2D eigenvalue weighted by molar-refractivity contribution is 0.0899. The molecular formula is C36H43ClFN7O4Si. The van der Waals surface area contributed by atoms with Crippen molar-refractivity contribution in [2.75, 3.05) is 11.5 Å². The second-order valence-electron chi connectivity index (χ2n) is 14.7. The summed E-state index contributed by atoms with van der Waals surface area (Å²) in [5.41, 5.74) is 3.14. The highest BCUT2D eigenvalue weighted by Gasteiger charge is 2.50. The molecule has 0 aliphatic carbocycles. The van der Waals surface area contributed by atoms with Crippen LogP contribution in [0.2, 0.25) is 30.7 Å². The van der Waals surface area contributed by atoms with Gasteiger partial charge in [-0.1, -0.05) is 67.6 Å². The number of nitrogens with zero attached hydrogens (tertiary/aromatic N) is 6. The number of carbonyl (C=O) groups excluding carboxylic acids is 1. The van der Waals surface area contributed by atoms with Crippen molar-refractivity contribution < 1.29 is 18.7 Å². The first kappa shape index (κ1) is 34.3. The van der Waals surface area contributed by atoms with E-state index in [0.29, 0.717) is 59.0 Å². The van der Waals surface area contributed by atoms with E-state index in [2.05, 4.69) is 30.1 Å². The lowest BCUT2D eigenvalue weighted by Crippen LogP contribution is -2.59. The maximum Gasteiger partial charge on any atom is 0.407 e. The number of hydrogen-bond acceptors (Lipinski definition) is 7. The fraction of sp³-hybridized carbons (Fsp3) is 0.444. The highest BCUT2D eigenvalue weighted by atomic mass is 35.5. The van der Waals surface area contributed by atoms with E-state index in [1.807, 2.05) is 71.4 Å². The molecule has 0 spiro atoms. The normalized spacial score (nSPS) is 20.6. The number of aromatic nitrogens is 5. The van der Waals surface area contributed by atoms with Crippen LogP contribution in [0.25, 0.3) is 33.1 Å². The van der Waals surface area contributed by atoms with Crippen molar-refractivity contribution in [3.8, 4) is 11.1 Å². The minimum atomic E-state index is -1.39. The Bertz CT molecular complexity index is 2110. The van der Waals surface area contributed by atoms with Crippen LogP contribution in [0.1, 0.15) is 24.8 Å². The Kier molecular flexibility index (Phi) is 9.25. The number of alkyl carbamates (subject to hydrolysis) is 1. The van der Waals surface area contributed by atoms with Gasteiger partial charge >= 0.3 is 6.09 Å². The molecule has 264 valence electrons. The number of alkyl halides is 1. The summed E-state index contributed by atoms with van der Waals surface area (Å²) >= 11 is 6.98. The molecule has 2 aliphatic heterocycles. The van der Waals surface area contributed by atoms with Crippen molar-refractivity contribution in [1.29, 1.82) is 0 Å². The molecule has 7 rings (SSSR count). The van der Waals surface area contributed by atoms with Crippen LogP contribution in [0.15, 0.2) is 59.7 Å². The minimum Gasteiger partial charge on any atom is -0.445 e. The third-order valence-electron chi connectivity index (χ3n) is 9.90. The summed E-state index contributed by atoms with van der Waals surface area (Å²) in [6.45, 7) is 7.79. The number of ether oxygens (including phenoxy) is 2. The van der Waals surface area contributed by atoms with Gasteiger partial charge in [-0.15, -0.1) is 0 Å². The summed E-state index contributed by atoms with van der Waals surface area (Å²) in [6.07, 6.45) is 3.35. The van der Waals surface area contributed by atoms with Gasteiger partial charge in [-0.3, -0.25) is 14.0 Å². The summed E-state index contributed by atoms with van der Waals surface area (Å²) in [5, 5.41) is 8.94. The molecule has 5 heterocycles. The Morgan fingerprint density at radius 1 is 1.08 bits per heavy atom. The standard InChI is InChI=1S/C36H43ClFN7O4Si/c1-42-18-26-27(41-42)13-12-24(31(26)37)25-19-44(21-48-15-16-50(3,4)5)33-30(25)34(46)43(2)35(40-33)45-23-11-14-29(45)32(38)28(17-23)39-36(47)49-20-22-9-7-6-8-10-22/h6-10,12-13,18-19,23,28-29,32H,11,14-17,20-21H2,1-5H3,(H,39,47)/t23-,28+,29+,32+/m1/s1. The highest BCUT2D eigenvalue weighted by Crippen LogP contribution is 2.42. The van der Waals surface area contributed by atoms with Crippen molar-refractivity contribution in [3.05, 3.63) is 75.8 Å². The summed E-state index contributed by atoms with van der Waals surface area (Å²) in [4.78, 5) is 34.1. The topological polar surface area (TPSA) is 108 Å². The van der Waals surface area contributed by atoms with Gasteiger partial charge in [0.15, 0.2) is 5.65 Å². The van der Waals surface area contributed by atoms with Gasteiger partial charge in [0, 0.05) is 63.7 Å². The fourth-order valence-corrected chi connectivity index (χ4v) is 8.35. The first-order valence-corrected chi connectivity index (χ1v) is 21.2. The van der Waals surface area contributed by atoms with Gasteiger partial charge in [0.25, 0.3) is 5.56 Å². The molecule has 5 aromatic rings. The third kappa shape index (κ3) is 6.53. The van der Waals surface area contributed by atoms with E-state index in [0.717, 1.165) is 22.5 Å². The molecule has 3 aromatic heterocycles. The minimum absolute atomic E-state index is 0.103. The number of benzene rings is 2. The summed E-state index contributed by atoms with van der Waals surface area (Å²) < 4.78 is 32.9. The van der Waals surface area contributed by atoms with E-state index >= 15 is 4.39 Å². The van der Waals surface area contributed by atoms with Gasteiger partial charge in [-0.2, -0.15) is 10.1 Å². The van der Waals surface area contributed by atoms with E-state index in [-0.39, 0.29) is 24.9 Å². The molecule has 2 saturated heterocycles. The van der Waals surface area contributed by atoms with Crippen LogP contribution in [0.3, 0.4) is 0 Å². The quantitative estimate of drug-likeness (QED) is 0.128. The molecule has 0 saturated carbocycles. The van der Waals surface area contributed by atoms with Crippen LogP contribution in [-0.2, 0) is 36.9 Å². The Labute approximate surface area is 295 Å². The van der Waals surface area contributed by atoms with Crippen molar-refractivity contribution in [2.24, 2.45) is 14.1 Å². The summed E-state index contributed by atoms with van der Waals surface area (Å²) in [7, 11) is 2.19. The van der Waals surface area contributed by atoms with Crippen molar-refractivity contribution in [1.82, 2.24) is 29.2 Å². The number of anilines is 1. The molecule has 50 heavy (non-hydrogen) atoms. The number of carbonyl (C=O) groups is 1. The lowest BCUT2D eigenvalue weighted by atomic mass is 9.95. The van der Waals surface area contributed by atoms with E-state index in [9.17, 15) is 9.59 Å². The lowest BCUT2D eigenvalue weighted by Gasteiger charge is -2.42.